The third-order valence-electron chi connectivity index (χ3n) is 2.62. The van der Waals surface area contributed by atoms with Crippen molar-refractivity contribution in [3.05, 3.63) is 33.8 Å². The quantitative estimate of drug-likeness (QED) is 0.875. The lowest BCUT2D eigenvalue weighted by molar-refractivity contribution is -0.139. The highest BCUT2D eigenvalue weighted by Gasteiger charge is 2.32. The van der Waals surface area contributed by atoms with Crippen LogP contribution in [0, 0.1) is 0 Å². The van der Waals surface area contributed by atoms with Gasteiger partial charge in [0.2, 0.25) is 0 Å². The Hall–Kier alpha value is -0.420. The molecule has 1 atom stereocenters. The molecule has 0 saturated carbocycles. The van der Waals surface area contributed by atoms with Crippen LogP contribution in [0.15, 0.2) is 18.2 Å². The molecule has 3 nitrogen and oxygen atoms in total. The summed E-state index contributed by atoms with van der Waals surface area (Å²) < 4.78 is -0.586. The van der Waals surface area contributed by atoms with Gasteiger partial charge < -0.3 is 10.8 Å². The van der Waals surface area contributed by atoms with E-state index in [1.165, 1.54) is 11.8 Å². The third kappa shape index (κ3) is 4.05. The van der Waals surface area contributed by atoms with E-state index in [0.29, 0.717) is 15.8 Å². The van der Waals surface area contributed by atoms with Crippen LogP contribution in [-0.2, 0) is 10.5 Å². The average Bonchev–Trinajstić information content (AvgIpc) is 2.29. The molecule has 0 saturated heterocycles. The van der Waals surface area contributed by atoms with E-state index < -0.39 is 16.8 Å². The van der Waals surface area contributed by atoms with Crippen molar-refractivity contribution in [2.75, 3.05) is 0 Å². The first-order valence-corrected chi connectivity index (χ1v) is 7.04. The Morgan fingerprint density at radius 2 is 2.11 bits per heavy atom. The van der Waals surface area contributed by atoms with Crippen molar-refractivity contribution >= 4 is 40.9 Å². The molecule has 0 radical (unpaired) electrons. The molecule has 100 valence electrons. The molecule has 0 aliphatic carbocycles. The monoisotopic (exact) mass is 307 g/mol. The minimum absolute atomic E-state index is 0.563. The van der Waals surface area contributed by atoms with Gasteiger partial charge in [0.1, 0.15) is 6.04 Å². The first kappa shape index (κ1) is 15.6. The first-order valence-electron chi connectivity index (χ1n) is 5.30. The highest BCUT2D eigenvalue weighted by molar-refractivity contribution is 7.99. The lowest BCUT2D eigenvalue weighted by atomic mass is 10.1. The second-order valence-corrected chi connectivity index (χ2v) is 6.92. The Labute approximate surface area is 121 Å². The van der Waals surface area contributed by atoms with Crippen LogP contribution in [0.25, 0.3) is 0 Å². The van der Waals surface area contributed by atoms with E-state index in [2.05, 4.69) is 0 Å². The molecule has 1 aromatic rings. The molecule has 3 N–H and O–H groups in total. The molecule has 0 spiro atoms. The normalized spacial score (nSPS) is 13.4. The number of hydrogen-bond acceptors (Lipinski definition) is 3. The smallest absolute Gasteiger partial charge is 0.321 e. The molecular formula is C12H15Cl2NO2S. The highest BCUT2D eigenvalue weighted by atomic mass is 35.5. The Morgan fingerprint density at radius 3 is 2.67 bits per heavy atom. The van der Waals surface area contributed by atoms with Gasteiger partial charge in [-0.3, -0.25) is 4.79 Å². The number of aliphatic carboxylic acids is 1. The van der Waals surface area contributed by atoms with Gasteiger partial charge in [0.05, 0.1) is 0 Å². The van der Waals surface area contributed by atoms with Crippen molar-refractivity contribution in [2.24, 2.45) is 5.73 Å². The number of carboxylic acid groups (broad SMARTS) is 1. The standard InChI is InChI=1S/C12H15Cl2NO2S/c1-12(2,10(15)11(16)17)18-6-7-5-8(13)3-4-9(7)14/h3-5,10H,6,15H2,1-2H3,(H,16,17)/t10-/m0/s1. The second-order valence-electron chi connectivity index (χ2n) is 4.44. The summed E-state index contributed by atoms with van der Waals surface area (Å²) in [7, 11) is 0. The lowest BCUT2D eigenvalue weighted by Crippen LogP contribution is -2.46. The molecule has 1 aromatic carbocycles. The zero-order valence-electron chi connectivity index (χ0n) is 10.1. The molecule has 0 fully saturated rings. The number of rotatable bonds is 5. The van der Waals surface area contributed by atoms with E-state index in [1.54, 1.807) is 32.0 Å². The molecule has 0 amide bonds. The summed E-state index contributed by atoms with van der Waals surface area (Å²) >= 11 is 13.4. The van der Waals surface area contributed by atoms with Crippen LogP contribution in [-0.4, -0.2) is 21.9 Å². The molecule has 0 heterocycles. The van der Waals surface area contributed by atoms with E-state index in [0.717, 1.165) is 5.56 Å². The minimum Gasteiger partial charge on any atom is -0.480 e. The maximum atomic E-state index is 10.9. The van der Waals surface area contributed by atoms with Crippen molar-refractivity contribution in [2.45, 2.75) is 30.4 Å². The van der Waals surface area contributed by atoms with Crippen LogP contribution in [0.1, 0.15) is 19.4 Å². The highest BCUT2D eigenvalue weighted by Crippen LogP contribution is 2.33. The molecule has 0 aromatic heterocycles. The summed E-state index contributed by atoms with van der Waals surface area (Å²) in [5.74, 6) is -0.447. The van der Waals surface area contributed by atoms with Gasteiger partial charge >= 0.3 is 5.97 Å². The van der Waals surface area contributed by atoms with E-state index in [9.17, 15) is 4.79 Å². The second kappa shape index (κ2) is 6.15. The van der Waals surface area contributed by atoms with Crippen molar-refractivity contribution in [1.82, 2.24) is 0 Å². The van der Waals surface area contributed by atoms with Crippen molar-refractivity contribution < 1.29 is 9.90 Å². The summed E-state index contributed by atoms with van der Waals surface area (Å²) in [6.07, 6.45) is 0. The van der Waals surface area contributed by atoms with Crippen LogP contribution in [0.4, 0.5) is 0 Å². The number of benzene rings is 1. The Balaban J connectivity index is 2.75. The molecule has 6 heteroatoms. The summed E-state index contributed by atoms with van der Waals surface area (Å²) in [4.78, 5) is 10.9. The Morgan fingerprint density at radius 1 is 1.50 bits per heavy atom. The number of nitrogens with two attached hydrogens (primary N) is 1. The van der Waals surface area contributed by atoms with Gasteiger partial charge in [0.25, 0.3) is 0 Å². The van der Waals surface area contributed by atoms with Crippen LogP contribution < -0.4 is 5.73 Å². The predicted molar refractivity (Wildman–Crippen MR) is 77.4 cm³/mol. The van der Waals surface area contributed by atoms with Crippen LogP contribution in [0.3, 0.4) is 0 Å². The van der Waals surface area contributed by atoms with Crippen LogP contribution in [0.5, 0.6) is 0 Å². The summed E-state index contributed by atoms with van der Waals surface area (Å²) in [6, 6.07) is 4.29. The summed E-state index contributed by atoms with van der Waals surface area (Å²) in [5, 5.41) is 10.2. The van der Waals surface area contributed by atoms with Gasteiger partial charge in [-0.25, -0.2) is 0 Å². The number of carbonyl (C=O) groups is 1. The Bertz CT molecular complexity index is 452. The number of thioether (sulfide) groups is 1. The third-order valence-corrected chi connectivity index (χ3v) is 4.68. The summed E-state index contributed by atoms with van der Waals surface area (Å²) in [6.45, 7) is 3.60. The maximum absolute atomic E-state index is 10.9. The van der Waals surface area contributed by atoms with Crippen LogP contribution in [0.2, 0.25) is 10.0 Å². The van der Waals surface area contributed by atoms with E-state index in [4.69, 9.17) is 34.0 Å². The molecule has 0 unspecified atom stereocenters. The van der Waals surface area contributed by atoms with Gasteiger partial charge in [-0.2, -0.15) is 0 Å². The van der Waals surface area contributed by atoms with E-state index in [1.807, 2.05) is 0 Å². The molecular weight excluding hydrogens is 293 g/mol. The fraction of sp³-hybridized carbons (Fsp3) is 0.417. The number of hydrogen-bond donors (Lipinski definition) is 2. The largest absolute Gasteiger partial charge is 0.480 e. The summed E-state index contributed by atoms with van der Waals surface area (Å²) in [5.41, 5.74) is 6.52. The van der Waals surface area contributed by atoms with Crippen molar-refractivity contribution in [3.8, 4) is 0 Å². The van der Waals surface area contributed by atoms with E-state index >= 15 is 0 Å². The molecule has 18 heavy (non-hydrogen) atoms. The van der Waals surface area contributed by atoms with Crippen molar-refractivity contribution in [1.29, 1.82) is 0 Å². The molecule has 0 aliphatic heterocycles. The first-order chi connectivity index (χ1) is 8.24. The van der Waals surface area contributed by atoms with Crippen LogP contribution >= 0.6 is 35.0 Å². The predicted octanol–water partition coefficient (Wildman–Crippen LogP) is 3.42. The Kier molecular flexibility index (Phi) is 5.34. The number of halogens is 2. The zero-order valence-corrected chi connectivity index (χ0v) is 12.4. The molecule has 0 bridgehead atoms. The van der Waals surface area contributed by atoms with Gasteiger partial charge in [-0.1, -0.05) is 23.2 Å². The van der Waals surface area contributed by atoms with Gasteiger partial charge in [-0.15, -0.1) is 11.8 Å². The zero-order chi connectivity index (χ0) is 13.9. The number of carboxylic acids is 1. The minimum atomic E-state index is -1.01. The maximum Gasteiger partial charge on any atom is 0.321 e. The topological polar surface area (TPSA) is 63.3 Å². The molecule has 1 rings (SSSR count). The van der Waals surface area contributed by atoms with Crippen molar-refractivity contribution in [3.63, 3.8) is 0 Å². The fourth-order valence-electron chi connectivity index (χ4n) is 1.30. The van der Waals surface area contributed by atoms with Gasteiger partial charge in [0.15, 0.2) is 0 Å². The average molecular weight is 308 g/mol. The lowest BCUT2D eigenvalue weighted by Gasteiger charge is -2.28. The van der Waals surface area contributed by atoms with Gasteiger partial charge in [0, 0.05) is 20.5 Å². The van der Waals surface area contributed by atoms with Gasteiger partial charge in [-0.05, 0) is 37.6 Å². The molecule has 0 aliphatic rings. The van der Waals surface area contributed by atoms with E-state index in [-0.39, 0.29) is 0 Å². The fourth-order valence-corrected chi connectivity index (χ4v) is 2.81. The SMILES string of the molecule is CC(C)(SCc1cc(Cl)ccc1Cl)[C@@H](N)C(=O)O.